The van der Waals surface area contributed by atoms with Gasteiger partial charge in [0.1, 0.15) is 6.61 Å². The Morgan fingerprint density at radius 3 is 2.05 bits per heavy atom. The third kappa shape index (κ3) is 14.8. The Hall–Kier alpha value is -1.26. The second kappa shape index (κ2) is 14.2. The molecule has 0 saturated heterocycles. The Labute approximate surface area is 117 Å². The molecule has 1 amide bonds. The van der Waals surface area contributed by atoms with Crippen LogP contribution >= 0.6 is 0 Å². The molecular formula is C11H22N2O7. The van der Waals surface area contributed by atoms with Crippen LogP contribution < -0.4 is 11.2 Å². The van der Waals surface area contributed by atoms with E-state index in [-0.39, 0.29) is 25.5 Å². The molecule has 0 heterocycles. The van der Waals surface area contributed by atoms with E-state index in [9.17, 15) is 9.59 Å². The van der Waals surface area contributed by atoms with Crippen molar-refractivity contribution in [1.29, 1.82) is 0 Å². The van der Waals surface area contributed by atoms with Crippen LogP contribution in [0.25, 0.3) is 0 Å². The van der Waals surface area contributed by atoms with Crippen LogP contribution in [-0.4, -0.2) is 69.8 Å². The van der Waals surface area contributed by atoms with Crippen molar-refractivity contribution in [2.24, 2.45) is 5.90 Å². The van der Waals surface area contributed by atoms with Crippen LogP contribution in [-0.2, 0) is 28.6 Å². The van der Waals surface area contributed by atoms with Gasteiger partial charge < -0.3 is 24.6 Å². The Morgan fingerprint density at radius 2 is 1.50 bits per heavy atom. The van der Waals surface area contributed by atoms with E-state index >= 15 is 0 Å². The summed E-state index contributed by atoms with van der Waals surface area (Å²) in [5, 5.41) is 10.9. The minimum Gasteiger partial charge on any atom is -0.481 e. The van der Waals surface area contributed by atoms with Gasteiger partial charge >= 0.3 is 5.97 Å². The van der Waals surface area contributed by atoms with Crippen molar-refractivity contribution in [3.05, 3.63) is 0 Å². The van der Waals surface area contributed by atoms with Crippen molar-refractivity contribution in [3.8, 4) is 0 Å². The summed E-state index contributed by atoms with van der Waals surface area (Å²) in [4.78, 5) is 25.2. The lowest BCUT2D eigenvalue weighted by Gasteiger charge is -2.07. The Bertz CT molecular complexity index is 263. The van der Waals surface area contributed by atoms with E-state index in [0.29, 0.717) is 39.6 Å². The van der Waals surface area contributed by atoms with E-state index in [1.807, 2.05) is 0 Å². The van der Waals surface area contributed by atoms with E-state index in [1.165, 1.54) is 0 Å². The van der Waals surface area contributed by atoms with Gasteiger partial charge in [-0.05, 0) is 0 Å². The van der Waals surface area contributed by atoms with Crippen LogP contribution in [0.15, 0.2) is 0 Å². The van der Waals surface area contributed by atoms with Crippen LogP contribution in [0.2, 0.25) is 0 Å². The first kappa shape index (κ1) is 18.7. The summed E-state index contributed by atoms with van der Waals surface area (Å²) in [6.07, 6.45) is -0.00989. The first-order valence-corrected chi connectivity index (χ1v) is 6.20. The van der Waals surface area contributed by atoms with Gasteiger partial charge in [0.05, 0.1) is 46.1 Å². The van der Waals surface area contributed by atoms with Gasteiger partial charge in [0, 0.05) is 6.54 Å². The maximum absolute atomic E-state index is 10.9. The number of hydrogen-bond acceptors (Lipinski definition) is 7. The molecule has 0 aliphatic carbocycles. The second-order valence-electron chi connectivity index (χ2n) is 3.64. The molecule has 0 rings (SSSR count). The zero-order chi connectivity index (χ0) is 15.1. The molecule has 0 aliphatic rings. The first-order valence-electron chi connectivity index (χ1n) is 6.20. The van der Waals surface area contributed by atoms with Crippen molar-refractivity contribution < 1.29 is 33.7 Å². The number of nitrogens with two attached hydrogens (primary N) is 1. The summed E-state index contributed by atoms with van der Waals surface area (Å²) in [6, 6.07) is 0. The van der Waals surface area contributed by atoms with E-state index in [1.54, 1.807) is 0 Å². The monoisotopic (exact) mass is 294 g/mol. The predicted octanol–water partition coefficient (Wildman–Crippen LogP) is -1.48. The fraction of sp³-hybridized carbons (Fsp3) is 0.818. The number of ether oxygens (including phenoxy) is 3. The number of rotatable bonds is 14. The van der Waals surface area contributed by atoms with Crippen molar-refractivity contribution >= 4 is 11.9 Å². The second-order valence-corrected chi connectivity index (χ2v) is 3.64. The number of hydrogen-bond donors (Lipinski definition) is 3. The minimum absolute atomic E-state index is 0.00989. The summed E-state index contributed by atoms with van der Waals surface area (Å²) >= 11 is 0. The molecule has 0 aliphatic heterocycles. The summed E-state index contributed by atoms with van der Waals surface area (Å²) in [5.74, 6) is 3.54. The van der Waals surface area contributed by atoms with Gasteiger partial charge in [-0.2, -0.15) is 0 Å². The molecule has 0 aromatic heterocycles. The maximum Gasteiger partial charge on any atom is 0.305 e. The molecule has 118 valence electrons. The van der Waals surface area contributed by atoms with E-state index in [4.69, 9.17) is 25.2 Å². The molecule has 0 fully saturated rings. The summed E-state index contributed by atoms with van der Waals surface area (Å²) in [7, 11) is 0. The average molecular weight is 294 g/mol. The molecule has 0 atom stereocenters. The van der Waals surface area contributed by atoms with Crippen LogP contribution in [0.5, 0.6) is 0 Å². The highest BCUT2D eigenvalue weighted by atomic mass is 16.6. The molecule has 4 N–H and O–H groups in total. The summed E-state index contributed by atoms with van der Waals surface area (Å²) in [6.45, 7) is 2.29. The molecule has 0 unspecified atom stereocenters. The lowest BCUT2D eigenvalue weighted by atomic mass is 10.5. The standard InChI is InChI=1S/C11H22N2O7/c12-20-9-10(14)13-2-4-18-6-8-19-7-5-17-3-1-11(15)16/h1-9,12H2,(H,13,14)(H,15,16). The highest BCUT2D eigenvalue weighted by Crippen LogP contribution is 1.84. The Balaban J connectivity index is 3.06. The van der Waals surface area contributed by atoms with Gasteiger partial charge in [0.25, 0.3) is 0 Å². The Kier molecular flexibility index (Phi) is 13.3. The molecule has 0 radical (unpaired) electrons. The van der Waals surface area contributed by atoms with Crippen LogP contribution in [0.1, 0.15) is 6.42 Å². The van der Waals surface area contributed by atoms with E-state index in [2.05, 4.69) is 10.2 Å². The fourth-order valence-corrected chi connectivity index (χ4v) is 1.09. The number of nitrogens with one attached hydrogen (secondary N) is 1. The lowest BCUT2D eigenvalue weighted by molar-refractivity contribution is -0.138. The van der Waals surface area contributed by atoms with E-state index < -0.39 is 5.97 Å². The molecule has 20 heavy (non-hydrogen) atoms. The zero-order valence-corrected chi connectivity index (χ0v) is 11.3. The van der Waals surface area contributed by atoms with Gasteiger partial charge in [-0.15, -0.1) is 0 Å². The smallest absolute Gasteiger partial charge is 0.305 e. The third-order valence-corrected chi connectivity index (χ3v) is 1.99. The van der Waals surface area contributed by atoms with Gasteiger partial charge in [-0.3, -0.25) is 14.4 Å². The SMILES string of the molecule is NOCC(=O)NCCOCCOCCOCCC(=O)O. The minimum atomic E-state index is -0.885. The molecule has 0 saturated carbocycles. The van der Waals surface area contributed by atoms with E-state index in [0.717, 1.165) is 0 Å². The Morgan fingerprint density at radius 1 is 0.950 bits per heavy atom. The normalized spacial score (nSPS) is 10.4. The number of aliphatic carboxylic acids is 1. The lowest BCUT2D eigenvalue weighted by Crippen LogP contribution is -2.31. The predicted molar refractivity (Wildman–Crippen MR) is 67.9 cm³/mol. The number of amides is 1. The number of carboxylic acid groups (broad SMARTS) is 1. The molecule has 0 aromatic carbocycles. The third-order valence-electron chi connectivity index (χ3n) is 1.99. The maximum atomic E-state index is 10.9. The summed E-state index contributed by atoms with van der Waals surface area (Å²) in [5.41, 5.74) is 0. The van der Waals surface area contributed by atoms with Gasteiger partial charge in [-0.1, -0.05) is 0 Å². The zero-order valence-electron chi connectivity index (χ0n) is 11.3. The van der Waals surface area contributed by atoms with Crippen molar-refractivity contribution in [2.45, 2.75) is 6.42 Å². The highest BCUT2D eigenvalue weighted by Gasteiger charge is 1.98. The van der Waals surface area contributed by atoms with Crippen LogP contribution in [0.4, 0.5) is 0 Å². The molecule has 9 nitrogen and oxygen atoms in total. The van der Waals surface area contributed by atoms with Crippen molar-refractivity contribution in [3.63, 3.8) is 0 Å². The molecule has 9 heteroatoms. The average Bonchev–Trinajstić information content (AvgIpc) is 2.40. The van der Waals surface area contributed by atoms with Crippen LogP contribution in [0.3, 0.4) is 0 Å². The largest absolute Gasteiger partial charge is 0.481 e. The van der Waals surface area contributed by atoms with Gasteiger partial charge in [0.15, 0.2) is 0 Å². The van der Waals surface area contributed by atoms with Crippen molar-refractivity contribution in [2.75, 3.05) is 52.8 Å². The topological polar surface area (TPSA) is 129 Å². The fourth-order valence-electron chi connectivity index (χ4n) is 1.09. The number of carbonyl (C=O) groups excluding carboxylic acids is 1. The molecule has 0 spiro atoms. The van der Waals surface area contributed by atoms with Gasteiger partial charge in [0.2, 0.25) is 5.91 Å². The van der Waals surface area contributed by atoms with Crippen molar-refractivity contribution in [1.82, 2.24) is 5.32 Å². The number of carbonyl (C=O) groups is 2. The molecule has 0 bridgehead atoms. The van der Waals surface area contributed by atoms with Gasteiger partial charge in [-0.25, -0.2) is 5.90 Å². The number of carboxylic acids is 1. The first-order chi connectivity index (χ1) is 9.66. The quantitative estimate of drug-likeness (QED) is 0.261. The summed E-state index contributed by atoms with van der Waals surface area (Å²) < 4.78 is 15.4. The highest BCUT2D eigenvalue weighted by molar-refractivity contribution is 5.77. The molecular weight excluding hydrogens is 272 g/mol. The molecule has 0 aromatic rings. The van der Waals surface area contributed by atoms with Crippen LogP contribution in [0, 0.1) is 0 Å².